The van der Waals surface area contributed by atoms with E-state index in [1.165, 1.54) is 9.58 Å². The second-order valence-corrected chi connectivity index (χ2v) is 4.14. The lowest BCUT2D eigenvalue weighted by Gasteiger charge is -2.20. The van der Waals surface area contributed by atoms with Crippen LogP contribution in [0.15, 0.2) is 0 Å². The number of carboxylic acid groups (broad SMARTS) is 1. The fourth-order valence-electron chi connectivity index (χ4n) is 2.00. The van der Waals surface area contributed by atoms with Crippen LogP contribution in [-0.4, -0.2) is 49.5 Å². The van der Waals surface area contributed by atoms with Crippen LogP contribution < -0.4 is 0 Å². The molecule has 0 aromatic carbocycles. The van der Waals surface area contributed by atoms with Gasteiger partial charge in [-0.2, -0.15) is 0 Å². The number of carboxylic acids is 1. The van der Waals surface area contributed by atoms with Crippen LogP contribution in [0.3, 0.4) is 0 Å². The summed E-state index contributed by atoms with van der Waals surface area (Å²) >= 11 is 0. The molecule has 0 unspecified atom stereocenters. The van der Waals surface area contributed by atoms with E-state index in [4.69, 9.17) is 5.11 Å². The van der Waals surface area contributed by atoms with Crippen LogP contribution in [0.2, 0.25) is 0 Å². The highest BCUT2D eigenvalue weighted by Gasteiger charge is 2.36. The minimum absolute atomic E-state index is 0.237. The minimum atomic E-state index is -0.961. The van der Waals surface area contributed by atoms with Gasteiger partial charge in [0, 0.05) is 13.6 Å². The molecule has 7 heteroatoms. The van der Waals surface area contributed by atoms with Crippen molar-refractivity contribution in [3.8, 4) is 0 Å². The molecule has 0 spiro atoms. The highest BCUT2D eigenvalue weighted by atomic mass is 16.4. The SMILES string of the molecule is Cc1c(C(=O)N2CCC[C@@H]2C(=O)O)nnn1C. The summed E-state index contributed by atoms with van der Waals surface area (Å²) < 4.78 is 1.50. The van der Waals surface area contributed by atoms with Crippen LogP contribution in [0, 0.1) is 6.92 Å². The Morgan fingerprint density at radius 3 is 2.71 bits per heavy atom. The first-order valence-electron chi connectivity index (χ1n) is 5.42. The molecule has 7 nitrogen and oxygen atoms in total. The Morgan fingerprint density at radius 2 is 2.18 bits per heavy atom. The van der Waals surface area contributed by atoms with Crippen molar-refractivity contribution in [1.82, 2.24) is 19.9 Å². The van der Waals surface area contributed by atoms with Gasteiger partial charge >= 0.3 is 5.97 Å². The van der Waals surface area contributed by atoms with Crippen molar-refractivity contribution in [2.75, 3.05) is 6.54 Å². The molecule has 1 aliphatic rings. The van der Waals surface area contributed by atoms with E-state index in [9.17, 15) is 9.59 Å². The molecular weight excluding hydrogens is 224 g/mol. The summed E-state index contributed by atoms with van der Waals surface area (Å²) in [6, 6.07) is -0.732. The lowest BCUT2D eigenvalue weighted by molar-refractivity contribution is -0.141. The number of aliphatic carboxylic acids is 1. The maximum Gasteiger partial charge on any atom is 0.326 e. The smallest absolute Gasteiger partial charge is 0.326 e. The zero-order chi connectivity index (χ0) is 12.6. The monoisotopic (exact) mass is 238 g/mol. The average Bonchev–Trinajstić information content (AvgIpc) is 2.87. The van der Waals surface area contributed by atoms with Gasteiger partial charge in [-0.15, -0.1) is 5.10 Å². The topological polar surface area (TPSA) is 88.3 Å². The number of aromatic nitrogens is 3. The molecule has 0 aliphatic carbocycles. The lowest BCUT2D eigenvalue weighted by Crippen LogP contribution is -2.40. The number of hydrogen-bond acceptors (Lipinski definition) is 4. The molecule has 0 bridgehead atoms. The van der Waals surface area contributed by atoms with Crippen LogP contribution in [0.1, 0.15) is 29.0 Å². The highest BCUT2D eigenvalue weighted by Crippen LogP contribution is 2.20. The van der Waals surface area contributed by atoms with E-state index >= 15 is 0 Å². The average molecular weight is 238 g/mol. The number of amides is 1. The molecule has 92 valence electrons. The van der Waals surface area contributed by atoms with Crippen molar-refractivity contribution in [2.24, 2.45) is 7.05 Å². The van der Waals surface area contributed by atoms with Gasteiger partial charge in [0.15, 0.2) is 5.69 Å². The van der Waals surface area contributed by atoms with E-state index in [2.05, 4.69) is 10.3 Å². The summed E-state index contributed by atoms with van der Waals surface area (Å²) in [5, 5.41) is 16.6. The third-order valence-electron chi connectivity index (χ3n) is 3.11. The van der Waals surface area contributed by atoms with Crippen LogP contribution in [0.25, 0.3) is 0 Å². The standard InChI is InChI=1S/C10H14N4O3/c1-6-8(11-12-13(6)2)9(15)14-5-3-4-7(14)10(16)17/h7H,3-5H2,1-2H3,(H,16,17)/t7-/m1/s1. The van der Waals surface area contributed by atoms with Crippen molar-refractivity contribution < 1.29 is 14.7 Å². The first-order valence-corrected chi connectivity index (χ1v) is 5.42. The molecule has 0 radical (unpaired) electrons. The highest BCUT2D eigenvalue weighted by molar-refractivity contribution is 5.96. The Balaban J connectivity index is 2.26. The molecule has 1 N–H and O–H groups in total. The van der Waals surface area contributed by atoms with Crippen molar-refractivity contribution in [3.63, 3.8) is 0 Å². The van der Waals surface area contributed by atoms with E-state index in [1.807, 2.05) is 0 Å². The van der Waals surface area contributed by atoms with Gasteiger partial charge in [-0.3, -0.25) is 9.48 Å². The predicted octanol–water partition coefficient (Wildman–Crippen LogP) is -0.187. The van der Waals surface area contributed by atoms with Gasteiger partial charge in [0.1, 0.15) is 6.04 Å². The van der Waals surface area contributed by atoms with Gasteiger partial charge in [-0.25, -0.2) is 4.79 Å². The molecule has 1 saturated heterocycles. The Kier molecular flexibility index (Phi) is 2.83. The van der Waals surface area contributed by atoms with E-state index in [1.54, 1.807) is 14.0 Å². The molecule has 0 saturated carbocycles. The zero-order valence-corrected chi connectivity index (χ0v) is 9.75. The van der Waals surface area contributed by atoms with Crippen molar-refractivity contribution in [1.29, 1.82) is 0 Å². The maximum atomic E-state index is 12.1. The summed E-state index contributed by atoms with van der Waals surface area (Å²) in [4.78, 5) is 24.5. The minimum Gasteiger partial charge on any atom is -0.480 e. The van der Waals surface area contributed by atoms with Crippen LogP contribution in [-0.2, 0) is 11.8 Å². The number of rotatable bonds is 2. The molecule has 1 atom stereocenters. The number of carbonyl (C=O) groups is 2. The molecule has 2 rings (SSSR count). The van der Waals surface area contributed by atoms with Gasteiger partial charge in [-0.1, -0.05) is 5.21 Å². The number of hydrogen-bond donors (Lipinski definition) is 1. The Morgan fingerprint density at radius 1 is 1.47 bits per heavy atom. The molecule has 2 heterocycles. The third-order valence-corrected chi connectivity index (χ3v) is 3.11. The molecular formula is C10H14N4O3. The second-order valence-electron chi connectivity index (χ2n) is 4.14. The van der Waals surface area contributed by atoms with Gasteiger partial charge in [0.05, 0.1) is 5.69 Å². The Hall–Kier alpha value is -1.92. The third kappa shape index (κ3) is 1.88. The van der Waals surface area contributed by atoms with E-state index in [0.717, 1.165) is 0 Å². The Bertz CT molecular complexity index is 468. The summed E-state index contributed by atoms with van der Waals surface area (Å²) in [6.45, 7) is 2.20. The summed E-state index contributed by atoms with van der Waals surface area (Å²) in [5.41, 5.74) is 0.881. The number of aryl methyl sites for hydroxylation is 1. The molecule has 1 amide bonds. The van der Waals surface area contributed by atoms with Gasteiger partial charge in [-0.05, 0) is 19.8 Å². The normalized spacial score (nSPS) is 19.6. The number of nitrogens with zero attached hydrogens (tertiary/aromatic N) is 4. The van der Waals surface area contributed by atoms with Crippen molar-refractivity contribution in [2.45, 2.75) is 25.8 Å². The summed E-state index contributed by atoms with van der Waals surface area (Å²) in [5.74, 6) is -1.31. The van der Waals surface area contributed by atoms with Gasteiger partial charge in [0.25, 0.3) is 5.91 Å². The molecule has 1 aliphatic heterocycles. The van der Waals surface area contributed by atoms with E-state index < -0.39 is 12.0 Å². The van der Waals surface area contributed by atoms with Crippen molar-refractivity contribution >= 4 is 11.9 Å². The first kappa shape index (κ1) is 11.6. The quantitative estimate of drug-likeness (QED) is 0.771. The van der Waals surface area contributed by atoms with E-state index in [-0.39, 0.29) is 11.6 Å². The number of likely N-dealkylation sites (tertiary alicyclic amines) is 1. The lowest BCUT2D eigenvalue weighted by atomic mass is 10.2. The fraction of sp³-hybridized carbons (Fsp3) is 0.600. The summed E-state index contributed by atoms with van der Waals surface area (Å²) in [7, 11) is 1.69. The van der Waals surface area contributed by atoms with Gasteiger partial charge < -0.3 is 10.0 Å². The van der Waals surface area contributed by atoms with Gasteiger partial charge in [0.2, 0.25) is 0 Å². The molecule has 1 aromatic heterocycles. The molecule has 1 fully saturated rings. The molecule has 1 aromatic rings. The van der Waals surface area contributed by atoms with Crippen LogP contribution >= 0.6 is 0 Å². The summed E-state index contributed by atoms with van der Waals surface area (Å²) in [6.07, 6.45) is 1.21. The number of carbonyl (C=O) groups excluding carboxylic acids is 1. The first-order chi connectivity index (χ1) is 8.02. The second kappa shape index (κ2) is 4.15. The fourth-order valence-corrected chi connectivity index (χ4v) is 2.00. The van der Waals surface area contributed by atoms with Crippen molar-refractivity contribution in [3.05, 3.63) is 11.4 Å². The Labute approximate surface area is 98.0 Å². The zero-order valence-electron chi connectivity index (χ0n) is 9.75. The maximum absolute atomic E-state index is 12.1. The predicted molar refractivity (Wildman–Crippen MR) is 57.4 cm³/mol. The van der Waals surface area contributed by atoms with Crippen LogP contribution in [0.4, 0.5) is 0 Å². The van der Waals surface area contributed by atoms with Crippen LogP contribution in [0.5, 0.6) is 0 Å². The van der Waals surface area contributed by atoms with E-state index in [0.29, 0.717) is 25.1 Å². The molecule has 17 heavy (non-hydrogen) atoms. The largest absolute Gasteiger partial charge is 0.480 e.